The van der Waals surface area contributed by atoms with Crippen LogP contribution in [0.25, 0.3) is 0 Å². The summed E-state index contributed by atoms with van der Waals surface area (Å²) in [5.74, 6) is -0.257. The van der Waals surface area contributed by atoms with Gasteiger partial charge in [-0.25, -0.2) is 8.42 Å². The van der Waals surface area contributed by atoms with E-state index < -0.39 is 16.1 Å². The van der Waals surface area contributed by atoms with E-state index in [2.05, 4.69) is 21.2 Å². The molecule has 204 valence electrons. The van der Waals surface area contributed by atoms with Gasteiger partial charge in [-0.05, 0) is 61.2 Å². The van der Waals surface area contributed by atoms with E-state index in [9.17, 15) is 18.0 Å². The number of nitrogens with zero attached hydrogens (tertiary/aromatic N) is 2. The fourth-order valence-electron chi connectivity index (χ4n) is 4.99. The van der Waals surface area contributed by atoms with Gasteiger partial charge in [0, 0.05) is 30.0 Å². The molecule has 2 aliphatic heterocycles. The van der Waals surface area contributed by atoms with Gasteiger partial charge in [-0.15, -0.1) is 0 Å². The SMILES string of the molecule is O=C(NCCc1ccccc1)[C@H]1CN(C(=O)C2CCN(S(=O)(=O)c3ccc(Br)cc3)CC2)c2ccccc2O1. The molecule has 2 aliphatic rings. The Morgan fingerprint density at radius 3 is 2.31 bits per heavy atom. The maximum atomic E-state index is 13.7. The predicted octanol–water partition coefficient (Wildman–Crippen LogP) is 4.00. The molecule has 2 amide bonds. The van der Waals surface area contributed by atoms with Gasteiger partial charge in [0.05, 0.1) is 17.1 Å². The average Bonchev–Trinajstić information content (AvgIpc) is 2.97. The average molecular weight is 613 g/mol. The zero-order chi connectivity index (χ0) is 27.4. The first-order chi connectivity index (χ1) is 18.8. The predicted molar refractivity (Wildman–Crippen MR) is 152 cm³/mol. The number of sulfonamides is 1. The van der Waals surface area contributed by atoms with Crippen molar-refractivity contribution < 1.29 is 22.7 Å². The third kappa shape index (κ3) is 6.18. The highest BCUT2D eigenvalue weighted by Crippen LogP contribution is 2.36. The van der Waals surface area contributed by atoms with E-state index in [1.807, 2.05) is 48.5 Å². The van der Waals surface area contributed by atoms with E-state index in [1.165, 1.54) is 4.31 Å². The summed E-state index contributed by atoms with van der Waals surface area (Å²) in [6.07, 6.45) is 0.669. The number of piperidine rings is 1. The van der Waals surface area contributed by atoms with Crippen molar-refractivity contribution in [2.75, 3.05) is 31.1 Å². The van der Waals surface area contributed by atoms with Gasteiger partial charge >= 0.3 is 0 Å². The molecule has 0 aromatic heterocycles. The van der Waals surface area contributed by atoms with Gasteiger partial charge in [-0.3, -0.25) is 9.59 Å². The van der Waals surface area contributed by atoms with Crippen LogP contribution in [0.3, 0.4) is 0 Å². The number of fused-ring (bicyclic) bond motifs is 1. The molecular weight excluding hydrogens is 582 g/mol. The van der Waals surface area contributed by atoms with E-state index in [0.29, 0.717) is 37.2 Å². The van der Waals surface area contributed by atoms with Crippen LogP contribution < -0.4 is 15.0 Å². The molecule has 1 saturated heterocycles. The van der Waals surface area contributed by atoms with E-state index in [-0.39, 0.29) is 42.3 Å². The molecule has 10 heteroatoms. The standard InChI is InChI=1S/C29H30BrN3O5S/c30-23-10-12-24(13-11-23)39(36,37)32-18-15-22(16-19-32)29(35)33-20-27(38-26-9-5-4-8-25(26)33)28(34)31-17-14-21-6-2-1-3-7-21/h1-13,22,27H,14-20H2,(H,31,34)/t27-/m1/s1. The van der Waals surface area contributed by atoms with Crippen molar-refractivity contribution in [2.45, 2.75) is 30.3 Å². The van der Waals surface area contributed by atoms with Crippen molar-refractivity contribution in [3.63, 3.8) is 0 Å². The lowest BCUT2D eigenvalue weighted by Gasteiger charge is -2.38. The van der Waals surface area contributed by atoms with Crippen molar-refractivity contribution in [3.05, 3.63) is 88.9 Å². The lowest BCUT2D eigenvalue weighted by atomic mass is 9.95. The summed E-state index contributed by atoms with van der Waals surface area (Å²) in [6.45, 7) is 1.07. The van der Waals surface area contributed by atoms with Crippen LogP contribution in [0.15, 0.2) is 88.2 Å². The summed E-state index contributed by atoms with van der Waals surface area (Å²) in [7, 11) is -3.64. The second-order valence-electron chi connectivity index (χ2n) is 9.68. The monoisotopic (exact) mass is 611 g/mol. The number of carbonyl (C=O) groups excluding carboxylic acids is 2. The van der Waals surface area contributed by atoms with Gasteiger partial charge in [0.25, 0.3) is 5.91 Å². The van der Waals surface area contributed by atoms with E-state index >= 15 is 0 Å². The Hall–Kier alpha value is -3.21. The first-order valence-electron chi connectivity index (χ1n) is 13.0. The van der Waals surface area contributed by atoms with Crippen LogP contribution in [-0.2, 0) is 26.0 Å². The van der Waals surface area contributed by atoms with Crippen LogP contribution in [0, 0.1) is 5.92 Å². The summed E-state index contributed by atoms with van der Waals surface area (Å²) >= 11 is 3.33. The van der Waals surface area contributed by atoms with Gasteiger partial charge in [-0.1, -0.05) is 58.4 Å². The third-order valence-electron chi connectivity index (χ3n) is 7.14. The summed E-state index contributed by atoms with van der Waals surface area (Å²) in [5.41, 5.74) is 1.75. The summed E-state index contributed by atoms with van der Waals surface area (Å²) in [5, 5.41) is 2.93. The molecule has 0 bridgehead atoms. The van der Waals surface area contributed by atoms with E-state index in [4.69, 9.17) is 4.74 Å². The number of carbonyl (C=O) groups is 2. The topological polar surface area (TPSA) is 96.0 Å². The van der Waals surface area contributed by atoms with Gasteiger partial charge in [-0.2, -0.15) is 4.31 Å². The molecular formula is C29H30BrN3O5S. The first-order valence-corrected chi connectivity index (χ1v) is 15.2. The fraction of sp³-hybridized carbons (Fsp3) is 0.310. The number of nitrogens with one attached hydrogen (secondary N) is 1. The van der Waals surface area contributed by atoms with Gasteiger partial charge in [0.2, 0.25) is 15.9 Å². The number of hydrogen-bond acceptors (Lipinski definition) is 5. The molecule has 0 radical (unpaired) electrons. The fourth-order valence-corrected chi connectivity index (χ4v) is 6.72. The van der Waals surface area contributed by atoms with E-state index in [0.717, 1.165) is 10.0 Å². The number of ether oxygens (including phenoxy) is 1. The molecule has 3 aromatic rings. The Morgan fingerprint density at radius 1 is 0.923 bits per heavy atom. The highest BCUT2D eigenvalue weighted by Gasteiger charge is 2.39. The largest absolute Gasteiger partial charge is 0.477 e. The second-order valence-corrected chi connectivity index (χ2v) is 12.5. The van der Waals surface area contributed by atoms with Crippen LogP contribution in [-0.4, -0.2) is 56.8 Å². The van der Waals surface area contributed by atoms with Crippen molar-refractivity contribution in [2.24, 2.45) is 5.92 Å². The molecule has 39 heavy (non-hydrogen) atoms. The Balaban J connectivity index is 1.23. The molecule has 0 unspecified atom stereocenters. The maximum absolute atomic E-state index is 13.7. The Kier molecular flexibility index (Phi) is 8.34. The molecule has 1 fully saturated rings. The molecule has 8 nitrogen and oxygen atoms in total. The second kappa shape index (κ2) is 11.9. The highest BCUT2D eigenvalue weighted by atomic mass is 79.9. The molecule has 1 N–H and O–H groups in total. The zero-order valence-electron chi connectivity index (χ0n) is 21.3. The number of hydrogen-bond donors (Lipinski definition) is 1. The Bertz CT molecular complexity index is 1420. The minimum Gasteiger partial charge on any atom is -0.477 e. The smallest absolute Gasteiger partial charge is 0.262 e. The number of benzene rings is 3. The lowest BCUT2D eigenvalue weighted by Crippen LogP contribution is -2.53. The molecule has 0 saturated carbocycles. The van der Waals surface area contributed by atoms with Crippen molar-refractivity contribution >= 4 is 43.5 Å². The number of halogens is 1. The van der Waals surface area contributed by atoms with Crippen LogP contribution in [0.4, 0.5) is 5.69 Å². The maximum Gasteiger partial charge on any atom is 0.262 e. The minimum absolute atomic E-state index is 0.102. The van der Waals surface area contributed by atoms with Crippen LogP contribution in [0.2, 0.25) is 0 Å². The zero-order valence-corrected chi connectivity index (χ0v) is 23.7. The Labute approximate surface area is 237 Å². The van der Waals surface area contributed by atoms with Crippen molar-refractivity contribution in [1.82, 2.24) is 9.62 Å². The normalized spacial score (nSPS) is 18.2. The minimum atomic E-state index is -3.64. The molecule has 0 aliphatic carbocycles. The summed E-state index contributed by atoms with van der Waals surface area (Å²) in [6, 6.07) is 23.6. The quantitative estimate of drug-likeness (QED) is 0.436. The van der Waals surface area contributed by atoms with Crippen LogP contribution >= 0.6 is 15.9 Å². The number of rotatable bonds is 7. The molecule has 0 spiro atoms. The van der Waals surface area contributed by atoms with E-state index in [1.54, 1.807) is 35.2 Å². The van der Waals surface area contributed by atoms with Gasteiger partial charge < -0.3 is 15.0 Å². The molecule has 2 heterocycles. The molecule has 5 rings (SSSR count). The number of para-hydroxylation sites is 2. The molecule has 1 atom stereocenters. The van der Waals surface area contributed by atoms with Gasteiger partial charge in [0.15, 0.2) is 6.10 Å². The Morgan fingerprint density at radius 2 is 1.59 bits per heavy atom. The lowest BCUT2D eigenvalue weighted by molar-refractivity contribution is -0.129. The molecule has 3 aromatic carbocycles. The van der Waals surface area contributed by atoms with Gasteiger partial charge in [0.1, 0.15) is 5.75 Å². The van der Waals surface area contributed by atoms with Crippen LogP contribution in [0.5, 0.6) is 5.75 Å². The van der Waals surface area contributed by atoms with Crippen LogP contribution in [0.1, 0.15) is 18.4 Å². The highest BCUT2D eigenvalue weighted by molar-refractivity contribution is 9.10. The van der Waals surface area contributed by atoms with Crippen molar-refractivity contribution in [3.8, 4) is 5.75 Å². The summed E-state index contributed by atoms with van der Waals surface area (Å²) < 4.78 is 34.4. The number of amides is 2. The number of anilines is 1. The first kappa shape index (κ1) is 27.4. The third-order valence-corrected chi connectivity index (χ3v) is 9.58. The van der Waals surface area contributed by atoms with Crippen molar-refractivity contribution in [1.29, 1.82) is 0 Å². The summed E-state index contributed by atoms with van der Waals surface area (Å²) in [4.78, 5) is 28.6.